The van der Waals surface area contributed by atoms with Crippen molar-refractivity contribution < 1.29 is 32.9 Å². The summed E-state index contributed by atoms with van der Waals surface area (Å²) in [6, 6.07) is -0.928. The molecular formula is C57H105N2O6P. The zero-order valence-corrected chi connectivity index (χ0v) is 44.5. The van der Waals surface area contributed by atoms with E-state index in [0.717, 1.165) is 64.2 Å². The monoisotopic (exact) mass is 945 g/mol. The molecule has 0 aliphatic heterocycles. The second kappa shape index (κ2) is 48.0. The lowest BCUT2D eigenvalue weighted by Gasteiger charge is -2.29. The third-order valence-electron chi connectivity index (χ3n) is 11.9. The normalized spacial score (nSPS) is 14.6. The van der Waals surface area contributed by atoms with Crippen LogP contribution in [0.3, 0.4) is 0 Å². The van der Waals surface area contributed by atoms with Gasteiger partial charge in [0.25, 0.3) is 7.82 Å². The lowest BCUT2D eigenvalue weighted by Crippen LogP contribution is -2.45. The van der Waals surface area contributed by atoms with Gasteiger partial charge in [0, 0.05) is 6.42 Å². The van der Waals surface area contributed by atoms with Crippen molar-refractivity contribution in [2.45, 2.75) is 244 Å². The Morgan fingerprint density at radius 1 is 0.545 bits per heavy atom. The molecule has 0 radical (unpaired) electrons. The predicted octanol–water partition coefficient (Wildman–Crippen LogP) is 15.7. The Labute approximate surface area is 408 Å². The highest BCUT2D eigenvalue weighted by Crippen LogP contribution is 2.38. The van der Waals surface area contributed by atoms with Crippen LogP contribution in [-0.4, -0.2) is 68.5 Å². The van der Waals surface area contributed by atoms with Gasteiger partial charge in [-0.1, -0.05) is 222 Å². The Morgan fingerprint density at radius 2 is 0.939 bits per heavy atom. The first-order valence-electron chi connectivity index (χ1n) is 27.3. The van der Waals surface area contributed by atoms with Crippen LogP contribution in [-0.2, 0) is 18.4 Å². The van der Waals surface area contributed by atoms with Crippen LogP contribution in [0.2, 0.25) is 0 Å². The van der Waals surface area contributed by atoms with Gasteiger partial charge in [-0.3, -0.25) is 9.36 Å². The summed E-state index contributed by atoms with van der Waals surface area (Å²) in [5.74, 6) is -0.242. The van der Waals surface area contributed by atoms with Crippen molar-refractivity contribution in [3.05, 3.63) is 72.9 Å². The molecular weight excluding hydrogens is 840 g/mol. The number of carbonyl (C=O) groups excluding carboxylic acids is 1. The molecule has 0 saturated heterocycles. The van der Waals surface area contributed by atoms with Crippen molar-refractivity contribution in [1.82, 2.24) is 5.32 Å². The Balaban J connectivity index is 4.22. The van der Waals surface area contributed by atoms with Gasteiger partial charge in [-0.25, -0.2) is 0 Å². The van der Waals surface area contributed by atoms with Gasteiger partial charge in [-0.2, -0.15) is 0 Å². The Kier molecular flexibility index (Phi) is 46.5. The van der Waals surface area contributed by atoms with Crippen LogP contribution in [0.1, 0.15) is 232 Å². The topological polar surface area (TPSA) is 108 Å². The van der Waals surface area contributed by atoms with E-state index in [1.54, 1.807) is 6.08 Å². The Hall–Kier alpha value is -2.06. The summed E-state index contributed by atoms with van der Waals surface area (Å²) in [6.45, 7) is 4.48. The second-order valence-electron chi connectivity index (χ2n) is 19.5. The van der Waals surface area contributed by atoms with Crippen molar-refractivity contribution in [1.29, 1.82) is 0 Å². The van der Waals surface area contributed by atoms with Crippen LogP contribution in [0.25, 0.3) is 0 Å². The van der Waals surface area contributed by atoms with Gasteiger partial charge in [0.05, 0.1) is 39.9 Å². The van der Waals surface area contributed by atoms with E-state index in [4.69, 9.17) is 9.05 Å². The molecule has 0 bridgehead atoms. The van der Waals surface area contributed by atoms with Crippen molar-refractivity contribution in [3.8, 4) is 0 Å². The number of nitrogens with zero attached hydrogens (tertiary/aromatic N) is 1. The smallest absolute Gasteiger partial charge is 0.268 e. The van der Waals surface area contributed by atoms with Crippen molar-refractivity contribution in [3.63, 3.8) is 0 Å². The van der Waals surface area contributed by atoms with Gasteiger partial charge in [0.2, 0.25) is 5.91 Å². The molecule has 66 heavy (non-hydrogen) atoms. The summed E-state index contributed by atoms with van der Waals surface area (Å²) < 4.78 is 23.2. The van der Waals surface area contributed by atoms with E-state index in [-0.39, 0.29) is 12.5 Å². The number of unbranched alkanes of at least 4 members (excludes halogenated alkanes) is 26. The summed E-state index contributed by atoms with van der Waals surface area (Å²) in [4.78, 5) is 25.3. The van der Waals surface area contributed by atoms with Gasteiger partial charge in [-0.15, -0.1) is 0 Å². The molecule has 0 saturated carbocycles. The lowest BCUT2D eigenvalue weighted by atomic mass is 10.0. The van der Waals surface area contributed by atoms with Crippen LogP contribution in [0, 0.1) is 0 Å². The van der Waals surface area contributed by atoms with Crippen molar-refractivity contribution >= 4 is 13.7 Å². The highest BCUT2D eigenvalue weighted by molar-refractivity contribution is 7.45. The fraction of sp³-hybridized carbons (Fsp3) is 0.772. The number of nitrogens with one attached hydrogen (secondary N) is 1. The zero-order chi connectivity index (χ0) is 48.5. The van der Waals surface area contributed by atoms with E-state index in [9.17, 15) is 19.4 Å². The molecule has 0 aromatic heterocycles. The van der Waals surface area contributed by atoms with Gasteiger partial charge >= 0.3 is 0 Å². The molecule has 9 heteroatoms. The Bertz CT molecular complexity index is 1300. The SMILES string of the molecule is CC/C=C\C/C=C\C/C=C\CCCCCC(=O)NC(COP(=O)([O-])OCC[N+](C)(C)C)C(O)/C=C/CC/C=C/CC/C=C/CCCCCCCCCCCCCCCCCCCCCCC. The fourth-order valence-electron chi connectivity index (χ4n) is 7.61. The molecule has 0 heterocycles. The average molecular weight is 945 g/mol. The molecule has 384 valence electrons. The quantitative estimate of drug-likeness (QED) is 0.0272. The van der Waals surface area contributed by atoms with Crippen LogP contribution in [0.5, 0.6) is 0 Å². The zero-order valence-electron chi connectivity index (χ0n) is 43.6. The highest BCUT2D eigenvalue weighted by Gasteiger charge is 2.23. The highest BCUT2D eigenvalue weighted by atomic mass is 31.2. The maximum Gasteiger partial charge on any atom is 0.268 e. The van der Waals surface area contributed by atoms with Gasteiger partial charge in [0.15, 0.2) is 0 Å². The number of hydrogen-bond acceptors (Lipinski definition) is 6. The number of likely N-dealkylation sites (N-methyl/N-ethyl adjacent to an activating group) is 1. The molecule has 8 nitrogen and oxygen atoms in total. The average Bonchev–Trinajstić information content (AvgIpc) is 3.28. The predicted molar refractivity (Wildman–Crippen MR) is 284 cm³/mol. The van der Waals surface area contributed by atoms with Crippen molar-refractivity contribution in [2.75, 3.05) is 40.9 Å². The number of carbonyl (C=O) groups is 1. The van der Waals surface area contributed by atoms with E-state index in [1.165, 1.54) is 141 Å². The molecule has 1 amide bonds. The summed E-state index contributed by atoms with van der Waals surface area (Å²) in [7, 11) is 1.21. The first kappa shape index (κ1) is 63.9. The minimum absolute atomic E-state index is 0.0181. The van der Waals surface area contributed by atoms with Crippen LogP contribution in [0.4, 0.5) is 0 Å². The van der Waals surface area contributed by atoms with Crippen LogP contribution in [0.15, 0.2) is 72.9 Å². The summed E-state index contributed by atoms with van der Waals surface area (Å²) in [5.41, 5.74) is 0. The minimum Gasteiger partial charge on any atom is -0.756 e. The van der Waals surface area contributed by atoms with Gasteiger partial charge in [0.1, 0.15) is 13.2 Å². The number of allylic oxidation sites excluding steroid dienone is 11. The fourth-order valence-corrected chi connectivity index (χ4v) is 8.33. The third kappa shape index (κ3) is 49.8. The van der Waals surface area contributed by atoms with Crippen LogP contribution < -0.4 is 10.2 Å². The minimum atomic E-state index is -4.62. The number of phosphoric ester groups is 1. The van der Waals surface area contributed by atoms with E-state index in [2.05, 4.69) is 79.9 Å². The molecule has 0 fully saturated rings. The van der Waals surface area contributed by atoms with Crippen molar-refractivity contribution in [2.24, 2.45) is 0 Å². The lowest BCUT2D eigenvalue weighted by molar-refractivity contribution is -0.870. The molecule has 3 unspecified atom stereocenters. The molecule has 0 spiro atoms. The molecule has 3 atom stereocenters. The van der Waals surface area contributed by atoms with E-state index < -0.39 is 26.6 Å². The molecule has 0 aromatic carbocycles. The number of rotatable bonds is 49. The third-order valence-corrected chi connectivity index (χ3v) is 12.8. The Morgan fingerprint density at radius 3 is 1.41 bits per heavy atom. The summed E-state index contributed by atoms with van der Waals surface area (Å²) in [5, 5.41) is 13.8. The standard InChI is InChI=1S/C57H105N2O6P/c1-6-8-10-12-14-16-18-20-21-22-23-24-25-26-27-28-29-30-31-32-33-34-35-36-37-39-40-42-44-46-48-50-56(60)55(54-65-66(62,63)64-53-52-59(3,4)5)58-57(61)51-49-47-45-43-41-38-19-17-15-13-11-9-7-2/h9,11,15,17,35-36,38,40-42,48,50,55-56,60H,6-8,10,12-14,16,18-34,37,39,43-47,49,51-54H2,1-5H3,(H-,58,61,62,63)/b11-9-,17-15-,36-35+,41-38-,42-40+,50-48+. The number of phosphoric acid groups is 1. The largest absolute Gasteiger partial charge is 0.756 e. The molecule has 0 rings (SSSR count). The van der Waals surface area contributed by atoms with E-state index in [0.29, 0.717) is 23.9 Å². The van der Waals surface area contributed by atoms with Gasteiger partial charge < -0.3 is 28.8 Å². The maximum absolute atomic E-state index is 12.9. The summed E-state index contributed by atoms with van der Waals surface area (Å²) in [6.07, 6.45) is 65.8. The van der Waals surface area contributed by atoms with Gasteiger partial charge in [-0.05, 0) is 77.0 Å². The maximum atomic E-state index is 12.9. The second-order valence-corrected chi connectivity index (χ2v) is 20.9. The number of quaternary nitrogens is 1. The molecule has 2 N–H and O–H groups in total. The molecule has 0 aliphatic rings. The number of aliphatic hydroxyl groups is 1. The molecule has 0 aromatic rings. The first-order valence-corrected chi connectivity index (χ1v) is 28.8. The number of aliphatic hydroxyl groups excluding tert-OH is 1. The number of amides is 1. The first-order chi connectivity index (χ1) is 32.0. The molecule has 0 aliphatic carbocycles. The number of hydrogen-bond donors (Lipinski definition) is 2. The van der Waals surface area contributed by atoms with E-state index in [1.807, 2.05) is 27.2 Å². The van der Waals surface area contributed by atoms with Crippen LogP contribution >= 0.6 is 7.82 Å². The summed E-state index contributed by atoms with van der Waals surface area (Å²) >= 11 is 0. The van der Waals surface area contributed by atoms with E-state index >= 15 is 0 Å².